The second-order valence-electron chi connectivity index (χ2n) is 11.0. The van der Waals surface area contributed by atoms with Crippen LogP contribution in [-0.4, -0.2) is 56.1 Å². The normalized spacial score (nSPS) is 22.6. The Morgan fingerprint density at radius 2 is 2.11 bits per heavy atom. The molecule has 0 bridgehead atoms. The smallest absolute Gasteiger partial charge is 0.253 e. The van der Waals surface area contributed by atoms with Crippen LogP contribution in [0, 0.1) is 11.3 Å². The zero-order valence-corrected chi connectivity index (χ0v) is 20.3. The minimum Gasteiger partial charge on any atom is -0.338 e. The van der Waals surface area contributed by atoms with E-state index in [0.29, 0.717) is 0 Å². The first kappa shape index (κ1) is 21.1. The van der Waals surface area contributed by atoms with Crippen LogP contribution in [0.5, 0.6) is 0 Å². The summed E-state index contributed by atoms with van der Waals surface area (Å²) in [6.07, 6.45) is 7.92. The van der Waals surface area contributed by atoms with Gasteiger partial charge in [-0.3, -0.25) is 4.79 Å². The summed E-state index contributed by atoms with van der Waals surface area (Å²) in [6, 6.07) is 12.3. The van der Waals surface area contributed by atoms with Gasteiger partial charge in [0.05, 0.1) is 16.7 Å². The van der Waals surface area contributed by atoms with Crippen LogP contribution in [0.25, 0.3) is 33.6 Å². The third-order valence-electron chi connectivity index (χ3n) is 8.43. The summed E-state index contributed by atoms with van der Waals surface area (Å²) in [7, 11) is 2.07. The van der Waals surface area contributed by atoms with E-state index in [1.165, 1.54) is 25.7 Å². The van der Waals surface area contributed by atoms with E-state index in [1.807, 2.05) is 24.4 Å². The van der Waals surface area contributed by atoms with Crippen LogP contribution in [-0.2, 0) is 13.6 Å². The number of fused-ring (bicyclic) bond motifs is 2. The first-order valence-electron chi connectivity index (χ1n) is 13.0. The highest BCUT2D eigenvalue weighted by Gasteiger charge is 2.39. The number of carbonyl (C=O) groups excluding carboxylic acids is 1. The van der Waals surface area contributed by atoms with Crippen molar-refractivity contribution in [1.29, 1.82) is 0 Å². The van der Waals surface area contributed by atoms with Crippen LogP contribution in [0.1, 0.15) is 42.5 Å². The summed E-state index contributed by atoms with van der Waals surface area (Å²) in [5, 5.41) is 4.65. The molecule has 7 heteroatoms. The number of benzene rings is 1. The molecule has 3 aromatic heterocycles. The van der Waals surface area contributed by atoms with Crippen molar-refractivity contribution in [1.82, 2.24) is 29.3 Å². The van der Waals surface area contributed by atoms with Gasteiger partial charge in [-0.25, -0.2) is 9.97 Å². The Hall–Kier alpha value is -3.19. The van der Waals surface area contributed by atoms with Crippen molar-refractivity contribution in [2.24, 2.45) is 18.4 Å². The number of hydrogen-bond acceptors (Lipinski definition) is 4. The summed E-state index contributed by atoms with van der Waals surface area (Å²) >= 11 is 0. The molecule has 5 heterocycles. The summed E-state index contributed by atoms with van der Waals surface area (Å²) < 4.78 is 4.49. The van der Waals surface area contributed by atoms with E-state index in [2.05, 4.69) is 49.6 Å². The number of carbonyl (C=O) groups is 1. The van der Waals surface area contributed by atoms with Crippen LogP contribution in [0.2, 0.25) is 0 Å². The lowest BCUT2D eigenvalue weighted by Gasteiger charge is -2.40. The molecule has 3 aliphatic rings. The van der Waals surface area contributed by atoms with Crippen LogP contribution < -0.4 is 5.32 Å². The van der Waals surface area contributed by atoms with Gasteiger partial charge < -0.3 is 19.4 Å². The maximum absolute atomic E-state index is 13.5. The monoisotopic (exact) mass is 468 g/mol. The van der Waals surface area contributed by atoms with E-state index < -0.39 is 0 Å². The van der Waals surface area contributed by atoms with Crippen LogP contribution >= 0.6 is 0 Å². The molecule has 1 saturated carbocycles. The predicted octanol–water partition coefficient (Wildman–Crippen LogP) is 4.22. The second-order valence-corrected chi connectivity index (χ2v) is 11.0. The molecule has 4 aromatic rings. The van der Waals surface area contributed by atoms with E-state index in [0.717, 1.165) is 84.2 Å². The molecule has 0 radical (unpaired) electrons. The summed E-state index contributed by atoms with van der Waals surface area (Å²) in [6.45, 7) is 4.79. The van der Waals surface area contributed by atoms with E-state index >= 15 is 0 Å². The molecule has 1 aliphatic carbocycles. The average molecular weight is 469 g/mol. The number of likely N-dealkylation sites (tertiary alicyclic amines) is 1. The quantitative estimate of drug-likeness (QED) is 0.487. The fourth-order valence-electron chi connectivity index (χ4n) is 6.29. The van der Waals surface area contributed by atoms with E-state index in [9.17, 15) is 4.79 Å². The standard InChI is InChI=1S/C28H32N6O/c1-32-23-8-7-21(27(35)33-13-3-9-28(18-33)10-12-29-17-28)14-22(23)31-26(32)24-15-20-4-2-11-30-25(20)34(24)16-19-5-6-19/h2,4,7-8,11,14-15,19,29H,3,5-6,9-10,12-13,16-18H2,1H3. The molecule has 1 aromatic carbocycles. The van der Waals surface area contributed by atoms with Crippen molar-refractivity contribution >= 4 is 28.0 Å². The van der Waals surface area contributed by atoms with Crippen molar-refractivity contribution in [3.63, 3.8) is 0 Å². The second kappa shape index (κ2) is 7.92. The number of aryl methyl sites for hydroxylation is 1. The van der Waals surface area contributed by atoms with Crippen LogP contribution in [0.15, 0.2) is 42.6 Å². The first-order chi connectivity index (χ1) is 17.1. The molecule has 3 fully saturated rings. The minimum absolute atomic E-state index is 0.136. The Bertz CT molecular complexity index is 1440. The molecule has 7 nitrogen and oxygen atoms in total. The number of amides is 1. The van der Waals surface area contributed by atoms with Gasteiger partial charge in [-0.1, -0.05) is 0 Å². The Labute approximate surface area is 205 Å². The van der Waals surface area contributed by atoms with E-state index in [4.69, 9.17) is 4.98 Å². The molecule has 1 atom stereocenters. The van der Waals surface area contributed by atoms with Gasteiger partial charge in [-0.05, 0) is 81.0 Å². The number of nitrogens with one attached hydrogen (secondary N) is 1. The number of piperidine rings is 1. The predicted molar refractivity (Wildman–Crippen MR) is 137 cm³/mol. The van der Waals surface area contributed by atoms with Gasteiger partial charge in [-0.2, -0.15) is 0 Å². The summed E-state index contributed by atoms with van der Waals surface area (Å²) in [4.78, 5) is 25.3. The summed E-state index contributed by atoms with van der Waals surface area (Å²) in [5.41, 5.74) is 5.05. The third-order valence-corrected chi connectivity index (χ3v) is 8.43. The molecule has 7 rings (SSSR count). The molecule has 1 spiro atoms. The number of pyridine rings is 1. The van der Waals surface area contributed by atoms with Gasteiger partial charge in [0.1, 0.15) is 5.65 Å². The Kier molecular flexibility index (Phi) is 4.78. The highest BCUT2D eigenvalue weighted by Crippen LogP contribution is 2.37. The van der Waals surface area contributed by atoms with Crippen molar-refractivity contribution in [3.05, 3.63) is 48.2 Å². The molecular formula is C28H32N6O. The van der Waals surface area contributed by atoms with Gasteiger partial charge in [0.15, 0.2) is 5.82 Å². The van der Waals surface area contributed by atoms with Crippen molar-refractivity contribution in [2.75, 3.05) is 26.2 Å². The summed E-state index contributed by atoms with van der Waals surface area (Å²) in [5.74, 6) is 1.79. The van der Waals surface area contributed by atoms with Crippen LogP contribution in [0.3, 0.4) is 0 Å². The lowest BCUT2D eigenvalue weighted by molar-refractivity contribution is 0.0553. The number of aromatic nitrogens is 4. The zero-order valence-electron chi connectivity index (χ0n) is 20.3. The number of rotatable bonds is 4. The van der Waals surface area contributed by atoms with Gasteiger partial charge >= 0.3 is 0 Å². The zero-order chi connectivity index (χ0) is 23.6. The highest BCUT2D eigenvalue weighted by atomic mass is 16.2. The van der Waals surface area contributed by atoms with Gasteiger partial charge in [-0.15, -0.1) is 0 Å². The molecule has 1 N–H and O–H groups in total. The number of nitrogens with zero attached hydrogens (tertiary/aromatic N) is 5. The van der Waals surface area contributed by atoms with Gasteiger partial charge in [0.2, 0.25) is 0 Å². The molecular weight excluding hydrogens is 436 g/mol. The molecule has 35 heavy (non-hydrogen) atoms. The van der Waals surface area contributed by atoms with Crippen LogP contribution in [0.4, 0.5) is 0 Å². The SMILES string of the molecule is Cn1c(-c2cc3cccnc3n2CC2CC2)nc2cc(C(=O)N3CCCC4(CCNC4)C3)ccc21. The fraction of sp³-hybridized carbons (Fsp3) is 0.464. The molecule has 180 valence electrons. The maximum atomic E-state index is 13.5. The number of hydrogen-bond donors (Lipinski definition) is 1. The lowest BCUT2D eigenvalue weighted by atomic mass is 9.79. The average Bonchev–Trinajstić information content (AvgIpc) is 3.34. The van der Waals surface area contributed by atoms with Gasteiger partial charge in [0, 0.05) is 55.8 Å². The molecule has 1 unspecified atom stereocenters. The Morgan fingerprint density at radius 3 is 2.94 bits per heavy atom. The van der Waals surface area contributed by atoms with E-state index in [1.54, 1.807) is 0 Å². The topological polar surface area (TPSA) is 68.0 Å². The van der Waals surface area contributed by atoms with Crippen molar-refractivity contribution in [3.8, 4) is 11.5 Å². The lowest BCUT2D eigenvalue weighted by Crippen LogP contribution is -2.47. The Balaban J connectivity index is 1.25. The molecule has 1 amide bonds. The largest absolute Gasteiger partial charge is 0.338 e. The fourth-order valence-corrected chi connectivity index (χ4v) is 6.29. The van der Waals surface area contributed by atoms with Gasteiger partial charge in [0.25, 0.3) is 5.91 Å². The van der Waals surface area contributed by atoms with Crippen molar-refractivity contribution < 1.29 is 4.79 Å². The van der Waals surface area contributed by atoms with Crippen molar-refractivity contribution in [2.45, 2.75) is 38.6 Å². The highest BCUT2D eigenvalue weighted by molar-refractivity contribution is 5.98. The third kappa shape index (κ3) is 3.56. The number of imidazole rings is 1. The maximum Gasteiger partial charge on any atom is 0.253 e. The van der Waals surface area contributed by atoms with E-state index in [-0.39, 0.29) is 11.3 Å². The Morgan fingerprint density at radius 1 is 1.20 bits per heavy atom. The first-order valence-corrected chi connectivity index (χ1v) is 13.0. The molecule has 2 saturated heterocycles. The molecule has 2 aliphatic heterocycles. The minimum atomic E-state index is 0.136.